The van der Waals surface area contributed by atoms with Crippen LogP contribution in [0.1, 0.15) is 60.0 Å². The van der Waals surface area contributed by atoms with E-state index in [1.54, 1.807) is 36.4 Å². The molecule has 7 nitrogen and oxygen atoms in total. The number of nitrogens with zero attached hydrogens (tertiary/aromatic N) is 1. The Balaban J connectivity index is 1.81. The van der Waals surface area contributed by atoms with Crippen molar-refractivity contribution in [1.82, 2.24) is 4.90 Å². The SMILES string of the molecule is CC[C@H](CC(=O)N1CC(=O)CC[C@H](Cc2cc(Cl)ccc2OC)C1=O)c1cccc(C(=O)O)c1. The zero-order valence-electron chi connectivity index (χ0n) is 19.3. The van der Waals surface area contributed by atoms with Crippen molar-refractivity contribution in [3.8, 4) is 5.75 Å². The van der Waals surface area contributed by atoms with E-state index >= 15 is 0 Å². The van der Waals surface area contributed by atoms with Gasteiger partial charge in [0.2, 0.25) is 11.8 Å². The Morgan fingerprint density at radius 2 is 1.97 bits per heavy atom. The minimum absolute atomic E-state index is 0.00575. The average molecular weight is 486 g/mol. The number of ether oxygens (including phenoxy) is 1. The number of carbonyl (C=O) groups is 4. The number of carboxylic acids is 1. The van der Waals surface area contributed by atoms with Crippen LogP contribution < -0.4 is 4.74 Å². The molecule has 1 aliphatic heterocycles. The highest BCUT2D eigenvalue weighted by Crippen LogP contribution is 2.30. The summed E-state index contributed by atoms with van der Waals surface area (Å²) in [5.74, 6) is -2.26. The maximum absolute atomic E-state index is 13.4. The highest BCUT2D eigenvalue weighted by atomic mass is 35.5. The molecule has 1 heterocycles. The molecule has 2 amide bonds. The van der Waals surface area contributed by atoms with Crippen molar-refractivity contribution in [2.24, 2.45) is 5.92 Å². The highest BCUT2D eigenvalue weighted by molar-refractivity contribution is 6.30. The van der Waals surface area contributed by atoms with Crippen LogP contribution in [0.15, 0.2) is 42.5 Å². The van der Waals surface area contributed by atoms with Crippen molar-refractivity contribution in [3.63, 3.8) is 0 Å². The number of methoxy groups -OCH3 is 1. The average Bonchev–Trinajstić information content (AvgIpc) is 2.96. The normalized spacial score (nSPS) is 17.3. The first-order chi connectivity index (χ1) is 16.2. The Morgan fingerprint density at radius 1 is 1.21 bits per heavy atom. The third kappa shape index (κ3) is 6.03. The molecule has 3 rings (SSSR count). The predicted molar refractivity (Wildman–Crippen MR) is 127 cm³/mol. The molecule has 0 unspecified atom stereocenters. The van der Waals surface area contributed by atoms with E-state index < -0.39 is 17.8 Å². The number of hydrogen-bond donors (Lipinski definition) is 1. The predicted octanol–water partition coefficient (Wildman–Crippen LogP) is 4.51. The molecule has 8 heteroatoms. The second-order valence-corrected chi connectivity index (χ2v) is 8.93. The van der Waals surface area contributed by atoms with Crippen LogP contribution in [0.2, 0.25) is 5.02 Å². The molecule has 180 valence electrons. The second kappa shape index (κ2) is 11.3. The van der Waals surface area contributed by atoms with Gasteiger partial charge in [0.05, 0.1) is 19.2 Å². The molecule has 2 aromatic rings. The van der Waals surface area contributed by atoms with Gasteiger partial charge in [-0.25, -0.2) is 4.79 Å². The van der Waals surface area contributed by atoms with E-state index in [1.165, 1.54) is 13.2 Å². The number of amides is 2. The number of imide groups is 1. The van der Waals surface area contributed by atoms with E-state index in [2.05, 4.69) is 0 Å². The van der Waals surface area contributed by atoms with Crippen molar-refractivity contribution in [2.45, 2.75) is 44.9 Å². The summed E-state index contributed by atoms with van der Waals surface area (Å²) in [7, 11) is 1.53. The molecule has 34 heavy (non-hydrogen) atoms. The van der Waals surface area contributed by atoms with Gasteiger partial charge < -0.3 is 9.84 Å². The summed E-state index contributed by atoms with van der Waals surface area (Å²) in [6, 6.07) is 11.6. The first-order valence-corrected chi connectivity index (χ1v) is 11.6. The van der Waals surface area contributed by atoms with E-state index in [1.807, 2.05) is 6.92 Å². The zero-order valence-corrected chi connectivity index (χ0v) is 20.0. The minimum Gasteiger partial charge on any atom is -0.496 e. The number of hydrogen-bond acceptors (Lipinski definition) is 5. The summed E-state index contributed by atoms with van der Waals surface area (Å²) >= 11 is 6.13. The fourth-order valence-corrected chi connectivity index (χ4v) is 4.52. The van der Waals surface area contributed by atoms with Gasteiger partial charge in [-0.3, -0.25) is 19.3 Å². The molecule has 0 aliphatic carbocycles. The van der Waals surface area contributed by atoms with Gasteiger partial charge in [-0.2, -0.15) is 0 Å². The van der Waals surface area contributed by atoms with E-state index in [4.69, 9.17) is 16.3 Å². The lowest BCUT2D eigenvalue weighted by Crippen LogP contribution is -2.42. The number of carboxylic acid groups (broad SMARTS) is 1. The topological polar surface area (TPSA) is 101 Å². The van der Waals surface area contributed by atoms with Crippen molar-refractivity contribution < 1.29 is 29.0 Å². The van der Waals surface area contributed by atoms with Crippen molar-refractivity contribution >= 4 is 35.2 Å². The lowest BCUT2D eigenvalue weighted by molar-refractivity contribution is -0.148. The molecule has 0 saturated carbocycles. The van der Waals surface area contributed by atoms with Crippen LogP contribution >= 0.6 is 11.6 Å². The Morgan fingerprint density at radius 3 is 2.65 bits per heavy atom. The third-order valence-corrected chi connectivity index (χ3v) is 6.49. The maximum Gasteiger partial charge on any atom is 0.335 e. The number of benzene rings is 2. The number of Topliss-reactive ketones (excluding diaryl/α,β-unsaturated/α-hetero) is 1. The van der Waals surface area contributed by atoms with Gasteiger partial charge in [-0.1, -0.05) is 30.7 Å². The molecule has 0 bridgehead atoms. The van der Waals surface area contributed by atoms with Crippen LogP contribution in [-0.2, 0) is 20.8 Å². The molecule has 0 radical (unpaired) electrons. The third-order valence-electron chi connectivity index (χ3n) is 6.25. The summed E-state index contributed by atoms with van der Waals surface area (Å²) in [4.78, 5) is 51.4. The van der Waals surface area contributed by atoms with Crippen LogP contribution in [0.5, 0.6) is 5.75 Å². The number of rotatable bonds is 8. The number of likely N-dealkylation sites (tertiary alicyclic amines) is 1. The summed E-state index contributed by atoms with van der Waals surface area (Å²) in [6.07, 6.45) is 1.44. The quantitative estimate of drug-likeness (QED) is 0.590. The molecule has 1 fully saturated rings. The first-order valence-electron chi connectivity index (χ1n) is 11.2. The van der Waals surface area contributed by atoms with Crippen LogP contribution in [0.25, 0.3) is 0 Å². The standard InChI is InChI=1S/C26H28ClNO6/c1-3-16(17-5-4-6-19(11-17)26(32)33)14-24(30)28-15-22(29)9-7-18(25(28)31)12-20-13-21(27)8-10-23(20)34-2/h4-6,8,10-11,13,16,18H,3,7,9,12,14-15H2,1-2H3,(H,32,33)/t16-,18-/m1/s1. The molecular formula is C26H28ClNO6. The smallest absolute Gasteiger partial charge is 0.335 e. The van der Waals surface area contributed by atoms with E-state index in [9.17, 15) is 24.3 Å². The maximum atomic E-state index is 13.4. The number of aromatic carboxylic acids is 1. The fourth-order valence-electron chi connectivity index (χ4n) is 4.33. The van der Waals surface area contributed by atoms with E-state index in [0.717, 1.165) is 10.5 Å². The van der Waals surface area contributed by atoms with Gasteiger partial charge in [0.15, 0.2) is 5.78 Å². The molecule has 0 spiro atoms. The van der Waals surface area contributed by atoms with Gasteiger partial charge in [0, 0.05) is 23.8 Å². The summed E-state index contributed by atoms with van der Waals surface area (Å²) < 4.78 is 5.39. The van der Waals surface area contributed by atoms with Gasteiger partial charge in [0.25, 0.3) is 0 Å². The van der Waals surface area contributed by atoms with Gasteiger partial charge >= 0.3 is 5.97 Å². The number of carbonyl (C=O) groups excluding carboxylic acids is 3. The van der Waals surface area contributed by atoms with Crippen LogP contribution in [-0.4, -0.2) is 47.2 Å². The highest BCUT2D eigenvalue weighted by Gasteiger charge is 2.35. The van der Waals surface area contributed by atoms with E-state index in [-0.39, 0.29) is 42.6 Å². The first kappa shape index (κ1) is 25.4. The Labute approximate surface area is 203 Å². The van der Waals surface area contributed by atoms with Crippen LogP contribution in [0, 0.1) is 5.92 Å². The Bertz CT molecular complexity index is 1100. The Kier molecular flexibility index (Phi) is 8.45. The molecule has 1 saturated heterocycles. The van der Waals surface area contributed by atoms with Crippen molar-refractivity contribution in [1.29, 1.82) is 0 Å². The monoisotopic (exact) mass is 485 g/mol. The molecular weight excluding hydrogens is 458 g/mol. The Hall–Kier alpha value is -3.19. The summed E-state index contributed by atoms with van der Waals surface area (Å²) in [5, 5.41) is 9.78. The number of halogens is 1. The molecule has 1 aliphatic rings. The zero-order chi connectivity index (χ0) is 24.8. The number of ketones is 1. The van der Waals surface area contributed by atoms with Crippen LogP contribution in [0.4, 0.5) is 0 Å². The molecule has 2 aromatic carbocycles. The van der Waals surface area contributed by atoms with Crippen LogP contribution in [0.3, 0.4) is 0 Å². The molecule has 2 atom stereocenters. The van der Waals surface area contributed by atoms with Gasteiger partial charge in [0.1, 0.15) is 5.75 Å². The summed E-state index contributed by atoms with van der Waals surface area (Å²) in [5.41, 5.74) is 1.59. The molecule has 0 aromatic heterocycles. The molecule has 1 N–H and O–H groups in total. The fraction of sp³-hybridized carbons (Fsp3) is 0.385. The largest absolute Gasteiger partial charge is 0.496 e. The van der Waals surface area contributed by atoms with E-state index in [0.29, 0.717) is 35.6 Å². The lowest BCUT2D eigenvalue weighted by atomic mass is 9.91. The van der Waals surface area contributed by atoms with Gasteiger partial charge in [-0.15, -0.1) is 0 Å². The van der Waals surface area contributed by atoms with Crippen molar-refractivity contribution in [3.05, 3.63) is 64.2 Å². The summed E-state index contributed by atoms with van der Waals surface area (Å²) in [6.45, 7) is 1.65. The second-order valence-electron chi connectivity index (χ2n) is 8.49. The van der Waals surface area contributed by atoms with Crippen molar-refractivity contribution in [2.75, 3.05) is 13.7 Å². The minimum atomic E-state index is -1.05. The lowest BCUT2D eigenvalue weighted by Gasteiger charge is -2.25. The van der Waals surface area contributed by atoms with Gasteiger partial charge in [-0.05, 0) is 66.6 Å².